The first-order valence-electron chi connectivity index (χ1n) is 5.92. The van der Waals surface area contributed by atoms with E-state index in [9.17, 15) is 9.18 Å². The number of rotatable bonds is 4. The summed E-state index contributed by atoms with van der Waals surface area (Å²) < 4.78 is 15.6. The molecular formula is C14H20FNOS. The molecule has 0 saturated carbocycles. The van der Waals surface area contributed by atoms with Crippen LogP contribution in [0.3, 0.4) is 0 Å². The maximum absolute atomic E-state index is 12.9. The third kappa shape index (κ3) is 4.33. The van der Waals surface area contributed by atoms with E-state index in [0.717, 1.165) is 5.56 Å². The molecule has 0 saturated heterocycles. The molecule has 0 unspecified atom stereocenters. The van der Waals surface area contributed by atoms with Crippen molar-refractivity contribution in [3.05, 3.63) is 35.6 Å². The van der Waals surface area contributed by atoms with E-state index in [0.29, 0.717) is 6.42 Å². The Morgan fingerprint density at radius 3 is 2.33 bits per heavy atom. The van der Waals surface area contributed by atoms with Crippen molar-refractivity contribution in [3.63, 3.8) is 0 Å². The molecular weight excluding hydrogens is 249 g/mol. The summed E-state index contributed by atoms with van der Waals surface area (Å²) in [7, 11) is 0. The smallest absolute Gasteiger partial charge is 0.233 e. The van der Waals surface area contributed by atoms with E-state index in [1.807, 2.05) is 27.0 Å². The van der Waals surface area contributed by atoms with Crippen LogP contribution in [-0.2, 0) is 11.2 Å². The number of hydrogen-bond acceptors (Lipinski definition) is 2. The van der Waals surface area contributed by atoms with Gasteiger partial charge in [-0.2, -0.15) is 0 Å². The third-order valence-corrected chi connectivity index (χ3v) is 3.32. The van der Waals surface area contributed by atoms with Crippen molar-refractivity contribution in [3.8, 4) is 0 Å². The van der Waals surface area contributed by atoms with E-state index < -0.39 is 0 Å². The fraction of sp³-hybridized carbons (Fsp3) is 0.500. The maximum atomic E-state index is 12.9. The van der Waals surface area contributed by atoms with Gasteiger partial charge < -0.3 is 4.72 Å². The van der Waals surface area contributed by atoms with Crippen LogP contribution in [0.25, 0.3) is 0 Å². The molecule has 0 radical (unpaired) electrons. The molecule has 0 aliphatic heterocycles. The van der Waals surface area contributed by atoms with Crippen LogP contribution in [0.1, 0.15) is 26.3 Å². The Kier molecular flexibility index (Phi) is 5.20. The van der Waals surface area contributed by atoms with Crippen LogP contribution < -0.4 is 4.72 Å². The Morgan fingerprint density at radius 2 is 1.89 bits per heavy atom. The second-order valence-corrected chi connectivity index (χ2v) is 6.03. The van der Waals surface area contributed by atoms with Gasteiger partial charge >= 0.3 is 0 Å². The molecule has 100 valence electrons. The summed E-state index contributed by atoms with van der Waals surface area (Å²) in [6, 6.07) is 6.34. The zero-order valence-corrected chi connectivity index (χ0v) is 12.1. The molecule has 1 aromatic rings. The summed E-state index contributed by atoms with van der Waals surface area (Å²) >= 11 is 1.31. The molecule has 0 aliphatic rings. The topological polar surface area (TPSA) is 29.1 Å². The molecule has 1 amide bonds. The Bertz CT molecular complexity index is 397. The standard InChI is InChI=1S/C14H20FNOS/c1-14(2,3)12(13(17)16-18-4)9-10-5-7-11(15)8-6-10/h5-8,12H,9H2,1-4H3,(H,16,17)/t12-/m1/s1. The average Bonchev–Trinajstić information content (AvgIpc) is 2.26. The Morgan fingerprint density at radius 1 is 1.33 bits per heavy atom. The molecule has 0 bridgehead atoms. The van der Waals surface area contributed by atoms with Crippen molar-refractivity contribution in [2.45, 2.75) is 27.2 Å². The first-order valence-corrected chi connectivity index (χ1v) is 7.14. The summed E-state index contributed by atoms with van der Waals surface area (Å²) in [5.74, 6) is -0.352. The first kappa shape index (κ1) is 15.0. The van der Waals surface area contributed by atoms with Crippen molar-refractivity contribution in [2.75, 3.05) is 6.26 Å². The van der Waals surface area contributed by atoms with Gasteiger partial charge in [-0.1, -0.05) is 44.9 Å². The highest BCUT2D eigenvalue weighted by Gasteiger charge is 2.31. The van der Waals surface area contributed by atoms with Gasteiger partial charge in [-0.15, -0.1) is 0 Å². The van der Waals surface area contributed by atoms with Gasteiger partial charge in [0.25, 0.3) is 0 Å². The van der Waals surface area contributed by atoms with Gasteiger partial charge in [-0.05, 0) is 29.5 Å². The minimum atomic E-state index is -0.250. The monoisotopic (exact) mass is 269 g/mol. The van der Waals surface area contributed by atoms with Crippen LogP contribution in [0.2, 0.25) is 0 Å². The molecule has 0 aromatic heterocycles. The highest BCUT2D eigenvalue weighted by Crippen LogP contribution is 2.29. The van der Waals surface area contributed by atoms with Crippen molar-refractivity contribution in [2.24, 2.45) is 11.3 Å². The molecule has 18 heavy (non-hydrogen) atoms. The van der Waals surface area contributed by atoms with Gasteiger partial charge in [0.1, 0.15) is 5.82 Å². The Labute approximate surface area is 112 Å². The zero-order valence-electron chi connectivity index (χ0n) is 11.3. The average molecular weight is 269 g/mol. The highest BCUT2D eigenvalue weighted by atomic mass is 32.2. The Hall–Kier alpha value is -1.03. The fourth-order valence-electron chi connectivity index (χ4n) is 1.82. The van der Waals surface area contributed by atoms with Gasteiger partial charge in [0.2, 0.25) is 5.91 Å². The number of amides is 1. The van der Waals surface area contributed by atoms with Crippen LogP contribution in [0.5, 0.6) is 0 Å². The number of carbonyl (C=O) groups excluding carboxylic acids is 1. The SMILES string of the molecule is CSNC(=O)[C@@H](Cc1ccc(F)cc1)C(C)(C)C. The van der Waals surface area contributed by atoms with E-state index in [-0.39, 0.29) is 23.1 Å². The van der Waals surface area contributed by atoms with Crippen molar-refractivity contribution < 1.29 is 9.18 Å². The molecule has 4 heteroatoms. The van der Waals surface area contributed by atoms with E-state index in [1.165, 1.54) is 24.1 Å². The minimum Gasteiger partial charge on any atom is -0.300 e. The molecule has 0 fully saturated rings. The second-order valence-electron chi connectivity index (χ2n) is 5.42. The lowest BCUT2D eigenvalue weighted by Gasteiger charge is -2.29. The first-order chi connectivity index (χ1) is 8.34. The quantitative estimate of drug-likeness (QED) is 0.849. The van der Waals surface area contributed by atoms with Gasteiger partial charge in [0, 0.05) is 12.2 Å². The summed E-state index contributed by atoms with van der Waals surface area (Å²) in [5, 5.41) is 0. The molecule has 1 aromatic carbocycles. The molecule has 1 N–H and O–H groups in total. The lowest BCUT2D eigenvalue weighted by molar-refractivity contribution is -0.126. The Balaban J connectivity index is 2.85. The van der Waals surface area contributed by atoms with Crippen LogP contribution in [0.4, 0.5) is 4.39 Å². The molecule has 0 heterocycles. The van der Waals surface area contributed by atoms with E-state index in [2.05, 4.69) is 4.72 Å². The van der Waals surface area contributed by atoms with Crippen LogP contribution in [0, 0.1) is 17.2 Å². The number of carbonyl (C=O) groups is 1. The van der Waals surface area contributed by atoms with Crippen molar-refractivity contribution in [1.29, 1.82) is 0 Å². The summed E-state index contributed by atoms with van der Waals surface area (Å²) in [4.78, 5) is 12.1. The van der Waals surface area contributed by atoms with Crippen molar-refractivity contribution in [1.82, 2.24) is 4.72 Å². The molecule has 1 atom stereocenters. The largest absolute Gasteiger partial charge is 0.300 e. The highest BCUT2D eigenvalue weighted by molar-refractivity contribution is 7.97. The van der Waals surface area contributed by atoms with Crippen LogP contribution in [-0.4, -0.2) is 12.2 Å². The minimum absolute atomic E-state index is 0.0272. The number of nitrogens with one attached hydrogen (secondary N) is 1. The third-order valence-electron chi connectivity index (χ3n) is 2.92. The van der Waals surface area contributed by atoms with Crippen LogP contribution in [0.15, 0.2) is 24.3 Å². The second kappa shape index (κ2) is 6.23. The number of hydrogen-bond donors (Lipinski definition) is 1. The molecule has 2 nitrogen and oxygen atoms in total. The predicted molar refractivity (Wildman–Crippen MR) is 74.7 cm³/mol. The molecule has 0 aliphatic carbocycles. The van der Waals surface area contributed by atoms with E-state index >= 15 is 0 Å². The zero-order chi connectivity index (χ0) is 13.8. The summed E-state index contributed by atoms with van der Waals surface area (Å²) in [5.41, 5.74) is 0.848. The lowest BCUT2D eigenvalue weighted by Crippen LogP contribution is -2.36. The van der Waals surface area contributed by atoms with Crippen LogP contribution >= 0.6 is 11.9 Å². The van der Waals surface area contributed by atoms with Gasteiger partial charge in [0.15, 0.2) is 0 Å². The van der Waals surface area contributed by atoms with Crippen molar-refractivity contribution >= 4 is 17.9 Å². The van der Waals surface area contributed by atoms with Gasteiger partial charge in [0.05, 0.1) is 0 Å². The normalized spacial score (nSPS) is 13.2. The molecule has 1 rings (SSSR count). The van der Waals surface area contributed by atoms with Gasteiger partial charge in [-0.25, -0.2) is 4.39 Å². The fourth-order valence-corrected chi connectivity index (χ4v) is 2.16. The van der Waals surface area contributed by atoms with E-state index in [4.69, 9.17) is 0 Å². The van der Waals surface area contributed by atoms with Gasteiger partial charge in [-0.3, -0.25) is 4.79 Å². The number of halogens is 1. The lowest BCUT2D eigenvalue weighted by atomic mass is 9.77. The molecule has 0 spiro atoms. The predicted octanol–water partition coefficient (Wildman–Crippen LogP) is 3.42. The number of benzene rings is 1. The van der Waals surface area contributed by atoms with E-state index in [1.54, 1.807) is 12.1 Å². The summed E-state index contributed by atoms with van der Waals surface area (Å²) in [6.45, 7) is 6.13. The maximum Gasteiger partial charge on any atom is 0.233 e. The summed E-state index contributed by atoms with van der Waals surface area (Å²) in [6.07, 6.45) is 2.45.